The number of amides is 2. The van der Waals surface area contributed by atoms with Gasteiger partial charge in [0.25, 0.3) is 0 Å². The molecule has 1 saturated heterocycles. The summed E-state index contributed by atoms with van der Waals surface area (Å²) in [5.41, 5.74) is 1.51. The van der Waals surface area contributed by atoms with Gasteiger partial charge in [-0.2, -0.15) is 13.5 Å². The number of benzene rings is 2. The highest BCUT2D eigenvalue weighted by atomic mass is 32.1. The van der Waals surface area contributed by atoms with Crippen molar-refractivity contribution in [3.63, 3.8) is 0 Å². The Morgan fingerprint density at radius 1 is 1.27 bits per heavy atom. The molecular weight excluding hydrogens is 355 g/mol. The highest BCUT2D eigenvalue weighted by Gasteiger charge is 2.30. The lowest BCUT2D eigenvalue weighted by Crippen LogP contribution is -2.35. The maximum Gasteiger partial charge on any atom is 0.229 e. The maximum atomic E-state index is 13.1. The number of nitrogens with one attached hydrogen (secondary N) is 1. The molecule has 2 aromatic carbocycles. The van der Waals surface area contributed by atoms with E-state index in [0.29, 0.717) is 18.7 Å². The number of hydrogen-bond donors (Lipinski definition) is 1. The van der Waals surface area contributed by atoms with Crippen LogP contribution in [-0.2, 0) is 16.2 Å². The summed E-state index contributed by atoms with van der Waals surface area (Å²) >= 11 is 0. The third kappa shape index (κ3) is 4.98. The first-order valence-corrected chi connectivity index (χ1v) is 8.06. The van der Waals surface area contributed by atoms with E-state index in [1.54, 1.807) is 41.3 Å². The van der Waals surface area contributed by atoms with Gasteiger partial charge in [0.2, 0.25) is 11.8 Å². The van der Waals surface area contributed by atoms with Gasteiger partial charge in [0.15, 0.2) is 0 Å². The number of carbonyl (C=O) groups is 2. The number of hydrogen-bond acceptors (Lipinski definition) is 3. The fourth-order valence-electron chi connectivity index (χ4n) is 2.86. The Morgan fingerprint density at radius 3 is 2.65 bits per heavy atom. The smallest absolute Gasteiger partial charge is 0.229 e. The van der Waals surface area contributed by atoms with Gasteiger partial charge in [-0.15, -0.1) is 0 Å². The largest absolute Gasteiger partial charge is 0.489 e. The Labute approximate surface area is 158 Å². The van der Waals surface area contributed by atoms with Gasteiger partial charge in [0.05, 0.1) is 6.04 Å². The van der Waals surface area contributed by atoms with Crippen LogP contribution in [0.5, 0.6) is 5.75 Å². The molecule has 1 unspecified atom stereocenters. The number of ether oxygens (including phenoxy) is 1. The van der Waals surface area contributed by atoms with Crippen LogP contribution in [0, 0.1) is 5.82 Å². The lowest BCUT2D eigenvalue weighted by atomic mass is 10.2. The molecule has 5 nitrogen and oxygen atoms in total. The van der Waals surface area contributed by atoms with Crippen molar-refractivity contribution in [2.45, 2.75) is 26.0 Å². The standard InChI is InChI=1S/C19H19FN2O3.H2S/c1-13(23)21-16-10-19(24)22(11-16)17-5-7-18(8-6-17)25-12-14-3-2-4-15(20)9-14;/h2-9,16H,10-12H2,1H3,(H,21,23);1H2. The molecule has 1 aliphatic heterocycles. The van der Waals surface area contributed by atoms with Crippen molar-refractivity contribution in [2.24, 2.45) is 0 Å². The molecule has 1 N–H and O–H groups in total. The molecule has 0 radical (unpaired) electrons. The summed E-state index contributed by atoms with van der Waals surface area (Å²) in [6, 6.07) is 13.2. The van der Waals surface area contributed by atoms with Gasteiger partial charge in [0.1, 0.15) is 18.2 Å². The highest BCUT2D eigenvalue weighted by molar-refractivity contribution is 7.59. The van der Waals surface area contributed by atoms with Crippen LogP contribution >= 0.6 is 13.5 Å². The van der Waals surface area contributed by atoms with E-state index < -0.39 is 0 Å². The van der Waals surface area contributed by atoms with Gasteiger partial charge in [0, 0.05) is 25.6 Å². The highest BCUT2D eigenvalue weighted by Crippen LogP contribution is 2.24. The molecule has 26 heavy (non-hydrogen) atoms. The monoisotopic (exact) mass is 376 g/mol. The number of carbonyl (C=O) groups excluding carboxylic acids is 2. The minimum absolute atomic E-state index is 0. The lowest BCUT2D eigenvalue weighted by molar-refractivity contribution is -0.119. The fourth-order valence-corrected chi connectivity index (χ4v) is 2.86. The van der Waals surface area contributed by atoms with Crippen molar-refractivity contribution in [3.05, 3.63) is 59.9 Å². The third-order valence-corrected chi connectivity index (χ3v) is 3.98. The van der Waals surface area contributed by atoms with Crippen LogP contribution in [0.15, 0.2) is 48.5 Å². The Morgan fingerprint density at radius 2 is 2.00 bits per heavy atom. The zero-order valence-electron chi connectivity index (χ0n) is 14.4. The number of nitrogens with zero attached hydrogens (tertiary/aromatic N) is 1. The van der Waals surface area contributed by atoms with E-state index in [2.05, 4.69) is 5.32 Å². The van der Waals surface area contributed by atoms with Crippen molar-refractivity contribution in [2.75, 3.05) is 11.4 Å². The zero-order chi connectivity index (χ0) is 17.8. The van der Waals surface area contributed by atoms with Crippen LogP contribution in [0.4, 0.5) is 10.1 Å². The first-order valence-electron chi connectivity index (χ1n) is 8.06. The SMILES string of the molecule is CC(=O)NC1CC(=O)N(c2ccc(OCc3cccc(F)c3)cc2)C1.S. The number of halogens is 1. The normalized spacial score (nSPS) is 16.2. The molecule has 2 amide bonds. The van der Waals surface area contributed by atoms with E-state index in [1.165, 1.54) is 19.1 Å². The molecule has 1 atom stereocenters. The van der Waals surface area contributed by atoms with Gasteiger partial charge < -0.3 is 15.0 Å². The van der Waals surface area contributed by atoms with Crippen molar-refractivity contribution >= 4 is 31.0 Å². The summed E-state index contributed by atoms with van der Waals surface area (Å²) in [6.07, 6.45) is 0.303. The molecule has 0 spiro atoms. The molecule has 0 aliphatic carbocycles. The minimum Gasteiger partial charge on any atom is -0.489 e. The maximum absolute atomic E-state index is 13.1. The number of anilines is 1. The predicted octanol–water partition coefficient (Wildman–Crippen LogP) is 2.76. The molecule has 0 aromatic heterocycles. The van der Waals surface area contributed by atoms with Crippen molar-refractivity contribution in [1.29, 1.82) is 0 Å². The average Bonchev–Trinajstić information content (AvgIpc) is 2.93. The van der Waals surface area contributed by atoms with E-state index >= 15 is 0 Å². The van der Waals surface area contributed by atoms with E-state index in [0.717, 1.165) is 11.3 Å². The van der Waals surface area contributed by atoms with E-state index in [1.807, 2.05) is 0 Å². The third-order valence-electron chi connectivity index (χ3n) is 3.98. The summed E-state index contributed by atoms with van der Waals surface area (Å²) in [7, 11) is 0. The second-order valence-electron chi connectivity index (χ2n) is 6.02. The van der Waals surface area contributed by atoms with E-state index in [4.69, 9.17) is 4.74 Å². The average molecular weight is 376 g/mol. The second-order valence-corrected chi connectivity index (χ2v) is 6.02. The van der Waals surface area contributed by atoms with Gasteiger partial charge in [-0.05, 0) is 42.0 Å². The Kier molecular flexibility index (Phi) is 6.63. The summed E-state index contributed by atoms with van der Waals surface area (Å²) in [5.74, 6) is 0.184. The summed E-state index contributed by atoms with van der Waals surface area (Å²) < 4.78 is 18.8. The molecule has 7 heteroatoms. The first-order chi connectivity index (χ1) is 12.0. The van der Waals surface area contributed by atoms with E-state index in [9.17, 15) is 14.0 Å². The van der Waals surface area contributed by atoms with Gasteiger partial charge in [-0.3, -0.25) is 9.59 Å². The molecule has 3 rings (SSSR count). The Balaban J connectivity index is 0.00000243. The van der Waals surface area contributed by atoms with Crippen molar-refractivity contribution < 1.29 is 18.7 Å². The quantitative estimate of drug-likeness (QED) is 0.873. The Bertz CT molecular complexity index is 783. The molecule has 1 aliphatic rings. The van der Waals surface area contributed by atoms with Gasteiger partial charge >= 0.3 is 0 Å². The first kappa shape index (κ1) is 19.8. The molecule has 2 aromatic rings. The number of rotatable bonds is 5. The topological polar surface area (TPSA) is 58.6 Å². The van der Waals surface area contributed by atoms with Crippen molar-refractivity contribution in [3.8, 4) is 5.75 Å². The van der Waals surface area contributed by atoms with Crippen LogP contribution in [0.3, 0.4) is 0 Å². The minimum atomic E-state index is -0.294. The lowest BCUT2D eigenvalue weighted by Gasteiger charge is -2.17. The van der Waals surface area contributed by atoms with Crippen LogP contribution in [0.25, 0.3) is 0 Å². The molecule has 1 heterocycles. The van der Waals surface area contributed by atoms with Crippen LogP contribution in [-0.4, -0.2) is 24.4 Å². The molecule has 138 valence electrons. The molecule has 1 fully saturated rings. The van der Waals surface area contributed by atoms with Crippen LogP contribution < -0.4 is 15.0 Å². The second kappa shape index (κ2) is 8.71. The summed E-state index contributed by atoms with van der Waals surface area (Å²) in [4.78, 5) is 24.9. The zero-order valence-corrected chi connectivity index (χ0v) is 15.4. The van der Waals surface area contributed by atoms with Gasteiger partial charge in [-0.1, -0.05) is 12.1 Å². The summed E-state index contributed by atoms with van der Waals surface area (Å²) in [6.45, 7) is 2.17. The summed E-state index contributed by atoms with van der Waals surface area (Å²) in [5, 5.41) is 2.77. The van der Waals surface area contributed by atoms with Gasteiger partial charge in [-0.25, -0.2) is 4.39 Å². The molecule has 0 bridgehead atoms. The predicted molar refractivity (Wildman–Crippen MR) is 102 cm³/mol. The van der Waals surface area contributed by atoms with Crippen LogP contribution in [0.1, 0.15) is 18.9 Å². The van der Waals surface area contributed by atoms with E-state index in [-0.39, 0.29) is 43.8 Å². The fraction of sp³-hybridized carbons (Fsp3) is 0.263. The Hall–Kier alpha value is -2.54. The molecular formula is C19H21FN2O3S. The van der Waals surface area contributed by atoms with Crippen molar-refractivity contribution in [1.82, 2.24) is 5.32 Å². The molecule has 0 saturated carbocycles. The van der Waals surface area contributed by atoms with Crippen LogP contribution in [0.2, 0.25) is 0 Å².